The summed E-state index contributed by atoms with van der Waals surface area (Å²) in [5, 5.41) is 27.5. The molecule has 46 heavy (non-hydrogen) atoms. The molecule has 1 amide bonds. The first-order valence-corrected chi connectivity index (χ1v) is 15.2. The van der Waals surface area contributed by atoms with Crippen LogP contribution in [0.5, 0.6) is 11.5 Å². The van der Waals surface area contributed by atoms with Crippen LogP contribution in [0, 0.1) is 20.8 Å². The number of aliphatic hydroxyl groups excluding tert-OH is 1. The zero-order valence-electron chi connectivity index (χ0n) is 27.7. The molecular formula is C32H50N4O10. The van der Waals surface area contributed by atoms with Gasteiger partial charge in [0.05, 0.1) is 6.61 Å². The Bertz CT molecular complexity index is 1320. The molecule has 1 fully saturated rings. The van der Waals surface area contributed by atoms with Crippen molar-refractivity contribution in [3.8, 4) is 11.5 Å². The Hall–Kier alpha value is -4.14. The van der Waals surface area contributed by atoms with E-state index in [-0.39, 0.29) is 30.1 Å². The minimum Gasteiger partial charge on any atom is -0.504 e. The minimum atomic E-state index is -1.07. The highest BCUT2D eigenvalue weighted by atomic mass is 16.6. The summed E-state index contributed by atoms with van der Waals surface area (Å²) >= 11 is 0. The van der Waals surface area contributed by atoms with Crippen molar-refractivity contribution in [2.24, 2.45) is 0 Å². The van der Waals surface area contributed by atoms with E-state index in [4.69, 9.17) is 24.4 Å². The zero-order valence-corrected chi connectivity index (χ0v) is 27.7. The van der Waals surface area contributed by atoms with E-state index in [1.807, 2.05) is 24.8 Å². The molecule has 1 aliphatic rings. The van der Waals surface area contributed by atoms with Gasteiger partial charge in [-0.1, -0.05) is 32.9 Å². The molecule has 0 bridgehead atoms. The van der Waals surface area contributed by atoms with Crippen molar-refractivity contribution >= 4 is 12.9 Å². The van der Waals surface area contributed by atoms with Crippen LogP contribution < -0.4 is 11.2 Å². The molecule has 1 aromatic carbocycles. The lowest BCUT2D eigenvalue weighted by Crippen LogP contribution is -2.46. The van der Waals surface area contributed by atoms with Crippen LogP contribution in [0.1, 0.15) is 56.0 Å². The fraction of sp³-hybridized carbons (Fsp3) is 0.562. The van der Waals surface area contributed by atoms with Crippen LogP contribution in [0.3, 0.4) is 0 Å². The van der Waals surface area contributed by atoms with E-state index in [9.17, 15) is 24.3 Å². The first-order chi connectivity index (χ1) is 21.9. The molecule has 2 aromatic rings. The fourth-order valence-electron chi connectivity index (χ4n) is 4.59. The molecule has 2 heterocycles. The number of nitrogens with zero attached hydrogens (tertiary/aromatic N) is 3. The maximum absolute atomic E-state index is 12.1. The van der Waals surface area contributed by atoms with Gasteiger partial charge >= 0.3 is 5.69 Å². The van der Waals surface area contributed by atoms with Crippen LogP contribution in [0.15, 0.2) is 40.2 Å². The summed E-state index contributed by atoms with van der Waals surface area (Å²) in [6.07, 6.45) is 2.08. The number of hydrogen-bond donors (Lipinski definition) is 4. The predicted molar refractivity (Wildman–Crippen MR) is 173 cm³/mol. The summed E-state index contributed by atoms with van der Waals surface area (Å²) in [7, 11) is 1.33. The van der Waals surface area contributed by atoms with Gasteiger partial charge in [0.25, 0.3) is 12.0 Å². The number of phenols is 2. The third-order valence-electron chi connectivity index (χ3n) is 7.13. The van der Waals surface area contributed by atoms with Crippen LogP contribution >= 0.6 is 0 Å². The molecule has 3 unspecified atom stereocenters. The number of aromatic amines is 1. The van der Waals surface area contributed by atoms with E-state index in [1.165, 1.54) is 32.0 Å². The number of ether oxygens (including phenoxy) is 3. The number of hydrogen-bond acceptors (Lipinski definition) is 11. The Morgan fingerprint density at radius 2 is 1.70 bits per heavy atom. The second kappa shape index (κ2) is 20.8. The molecule has 0 aliphatic carbocycles. The quantitative estimate of drug-likeness (QED) is 0.173. The van der Waals surface area contributed by atoms with Crippen LogP contribution in [-0.4, -0.2) is 106 Å². The lowest BCUT2D eigenvalue weighted by atomic mass is 10.1. The lowest BCUT2D eigenvalue weighted by Gasteiger charge is -2.35. The SMILES string of the molecule is C=C(CCC)N1CCN(C=O)CC1.CCCOC(C(OC=O)C(CO)OC)n1cc(C)c(=O)[nH]c1=O.Cc1cc(C)c(O)c(O)c1. The van der Waals surface area contributed by atoms with E-state index in [0.29, 0.717) is 12.0 Å². The molecule has 3 rings (SSSR count). The number of allylic oxidation sites excluding steroid dienone is 1. The molecule has 0 radical (unpaired) electrons. The maximum atomic E-state index is 12.1. The highest BCUT2D eigenvalue weighted by Gasteiger charge is 2.34. The van der Waals surface area contributed by atoms with Crippen LogP contribution in [0.2, 0.25) is 0 Å². The molecule has 14 nitrogen and oxygen atoms in total. The van der Waals surface area contributed by atoms with Crippen LogP contribution in [0.25, 0.3) is 0 Å². The smallest absolute Gasteiger partial charge is 0.330 e. The van der Waals surface area contributed by atoms with Gasteiger partial charge < -0.3 is 39.3 Å². The summed E-state index contributed by atoms with van der Waals surface area (Å²) in [5.41, 5.74) is 1.93. The molecule has 3 atom stereocenters. The van der Waals surface area contributed by atoms with Crippen molar-refractivity contribution in [2.45, 2.75) is 72.3 Å². The van der Waals surface area contributed by atoms with Gasteiger partial charge in [-0.2, -0.15) is 0 Å². The van der Waals surface area contributed by atoms with Crippen molar-refractivity contribution in [1.82, 2.24) is 19.4 Å². The van der Waals surface area contributed by atoms with Gasteiger partial charge in [-0.05, 0) is 50.8 Å². The summed E-state index contributed by atoms with van der Waals surface area (Å²) < 4.78 is 16.8. The topological polar surface area (TPSA) is 184 Å². The number of nitrogens with one attached hydrogen (secondary N) is 1. The maximum Gasteiger partial charge on any atom is 0.330 e. The van der Waals surface area contributed by atoms with E-state index < -0.39 is 36.3 Å². The van der Waals surface area contributed by atoms with Crippen LogP contribution in [-0.2, 0) is 23.8 Å². The van der Waals surface area contributed by atoms with Gasteiger partial charge in [-0.3, -0.25) is 23.9 Å². The van der Waals surface area contributed by atoms with Gasteiger partial charge in [0.1, 0.15) is 6.10 Å². The number of phenolic OH excluding ortho intramolecular Hbond substituents is 2. The Morgan fingerprint density at radius 1 is 1.04 bits per heavy atom. The van der Waals surface area contributed by atoms with E-state index in [0.717, 1.165) is 55.6 Å². The molecule has 1 saturated heterocycles. The molecule has 14 heteroatoms. The number of methoxy groups -OCH3 is 1. The van der Waals surface area contributed by atoms with Crippen molar-refractivity contribution in [3.05, 3.63) is 68.1 Å². The predicted octanol–water partition coefficient (Wildman–Crippen LogP) is 2.11. The molecular weight excluding hydrogens is 600 g/mol. The monoisotopic (exact) mass is 650 g/mol. The Kier molecular flexibility index (Phi) is 18.0. The summed E-state index contributed by atoms with van der Waals surface area (Å²) in [6, 6.07) is 3.34. The standard InChI is InChI=1S/C14H22N2O7.C10H18N2O.C8H10O2/c1-4-5-22-13(11(23-8-18)10(7-17)21-3)16-6-9(2)12(19)15-14(16)20;1-3-4-10(2)12-7-5-11(9-13)6-8-12;1-5-3-6(2)8(10)7(9)4-5/h6,8,10-11,13,17H,4-5,7H2,1-3H3,(H,15,19,20);9H,2-8H2,1H3;3-4,9-10H,1-2H3. The number of rotatable bonds is 14. The molecule has 0 spiro atoms. The molecule has 1 aliphatic heterocycles. The van der Waals surface area contributed by atoms with Gasteiger partial charge in [0, 0.05) is 57.4 Å². The second-order valence-electron chi connectivity index (χ2n) is 10.8. The Balaban J connectivity index is 0.000000384. The molecule has 258 valence electrons. The third-order valence-corrected chi connectivity index (χ3v) is 7.13. The molecule has 1 aromatic heterocycles. The van der Waals surface area contributed by atoms with Gasteiger partial charge in [-0.25, -0.2) is 4.79 Å². The highest BCUT2D eigenvalue weighted by molar-refractivity contribution is 5.47. The van der Waals surface area contributed by atoms with Gasteiger partial charge in [-0.15, -0.1) is 0 Å². The average molecular weight is 651 g/mol. The number of aryl methyl sites for hydroxylation is 3. The zero-order chi connectivity index (χ0) is 34.8. The summed E-state index contributed by atoms with van der Waals surface area (Å²) in [6.45, 7) is 16.8. The molecule has 0 saturated carbocycles. The summed E-state index contributed by atoms with van der Waals surface area (Å²) in [4.78, 5) is 51.1. The van der Waals surface area contributed by atoms with Crippen molar-refractivity contribution in [1.29, 1.82) is 0 Å². The van der Waals surface area contributed by atoms with Gasteiger partial charge in [0.2, 0.25) is 6.41 Å². The number of amides is 1. The van der Waals surface area contributed by atoms with E-state index >= 15 is 0 Å². The number of aromatic nitrogens is 2. The number of piperazine rings is 1. The highest BCUT2D eigenvalue weighted by Crippen LogP contribution is 2.29. The van der Waals surface area contributed by atoms with E-state index in [1.54, 1.807) is 6.92 Å². The van der Waals surface area contributed by atoms with Crippen molar-refractivity contribution in [3.63, 3.8) is 0 Å². The Labute approximate surface area is 269 Å². The lowest BCUT2D eigenvalue weighted by molar-refractivity contribution is -0.174. The number of carbonyl (C=O) groups is 2. The minimum absolute atomic E-state index is 0.0226. The first-order valence-electron chi connectivity index (χ1n) is 15.2. The van der Waals surface area contributed by atoms with Crippen molar-refractivity contribution < 1.29 is 39.1 Å². The average Bonchev–Trinajstić information content (AvgIpc) is 3.03. The number of H-pyrrole nitrogens is 1. The number of aliphatic hydroxyl groups is 1. The Morgan fingerprint density at radius 3 is 2.20 bits per heavy atom. The van der Waals surface area contributed by atoms with Crippen molar-refractivity contribution in [2.75, 3.05) is 46.5 Å². The first kappa shape index (κ1) is 39.9. The number of aromatic hydroxyl groups is 2. The van der Waals surface area contributed by atoms with E-state index in [2.05, 4.69) is 23.4 Å². The normalized spacial score (nSPS) is 14.5. The second-order valence-corrected chi connectivity index (χ2v) is 10.8. The largest absolute Gasteiger partial charge is 0.504 e. The summed E-state index contributed by atoms with van der Waals surface area (Å²) in [5.74, 6) is -0.0666. The van der Waals surface area contributed by atoms with Crippen LogP contribution in [0.4, 0.5) is 0 Å². The molecule has 4 N–H and O–H groups in total. The number of benzene rings is 1. The number of carbonyl (C=O) groups excluding carboxylic acids is 2. The van der Waals surface area contributed by atoms with Gasteiger partial charge in [0.15, 0.2) is 23.8 Å². The third kappa shape index (κ3) is 12.3. The fourth-order valence-corrected chi connectivity index (χ4v) is 4.59.